The number of thiazole rings is 1. The fourth-order valence-electron chi connectivity index (χ4n) is 3.11. The van der Waals surface area contributed by atoms with E-state index in [4.69, 9.17) is 10.5 Å². The van der Waals surface area contributed by atoms with Crippen LogP contribution in [0.5, 0.6) is 0 Å². The number of fused-ring (bicyclic) bond motifs is 1. The lowest BCUT2D eigenvalue weighted by Crippen LogP contribution is -2.48. The molecule has 1 aliphatic heterocycles. The number of amides is 1. The summed E-state index contributed by atoms with van der Waals surface area (Å²) in [6, 6.07) is 0. The minimum atomic E-state index is -0.449. The van der Waals surface area contributed by atoms with Gasteiger partial charge in [0.2, 0.25) is 5.91 Å². The molecule has 3 rings (SSSR count). The summed E-state index contributed by atoms with van der Waals surface area (Å²) in [5.74, 6) is 0.0569. The Morgan fingerprint density at radius 1 is 1.33 bits per heavy atom. The number of carbonyl (C=O) groups is 1. The Kier molecular flexibility index (Phi) is 4.57. The van der Waals surface area contributed by atoms with E-state index >= 15 is 0 Å². The van der Waals surface area contributed by atoms with Crippen LogP contribution in [0.1, 0.15) is 41.3 Å². The predicted octanol–water partition coefficient (Wildman–Crippen LogP) is 1.39. The molecule has 1 fully saturated rings. The Labute approximate surface area is 129 Å². The summed E-state index contributed by atoms with van der Waals surface area (Å²) >= 11 is 1.75. The van der Waals surface area contributed by atoms with Crippen LogP contribution in [0.4, 0.5) is 0 Å². The highest BCUT2D eigenvalue weighted by Crippen LogP contribution is 2.30. The van der Waals surface area contributed by atoms with Gasteiger partial charge in [0.05, 0.1) is 17.7 Å². The molecule has 0 unspecified atom stereocenters. The SMILES string of the molecule is NCC1(C(=O)NCc2nc3c(s2)CCCC3)CCOCC1. The van der Waals surface area contributed by atoms with E-state index in [1.165, 1.54) is 23.4 Å². The van der Waals surface area contributed by atoms with Crippen molar-refractivity contribution >= 4 is 17.2 Å². The van der Waals surface area contributed by atoms with Crippen LogP contribution in [0, 0.1) is 5.41 Å². The number of nitrogens with zero attached hydrogens (tertiary/aromatic N) is 1. The third-order valence-corrected chi connectivity index (χ3v) is 5.77. The first-order chi connectivity index (χ1) is 10.2. The van der Waals surface area contributed by atoms with Crippen LogP contribution in [0.15, 0.2) is 0 Å². The Hall–Kier alpha value is -0.980. The van der Waals surface area contributed by atoms with Gasteiger partial charge in [0, 0.05) is 24.6 Å². The average Bonchev–Trinajstić information content (AvgIpc) is 2.96. The van der Waals surface area contributed by atoms with Gasteiger partial charge in [-0.3, -0.25) is 4.79 Å². The van der Waals surface area contributed by atoms with Crippen LogP contribution in [-0.2, 0) is 28.9 Å². The van der Waals surface area contributed by atoms with E-state index in [-0.39, 0.29) is 5.91 Å². The van der Waals surface area contributed by atoms with Gasteiger partial charge >= 0.3 is 0 Å². The highest BCUT2D eigenvalue weighted by atomic mass is 32.1. The maximum atomic E-state index is 12.5. The van der Waals surface area contributed by atoms with E-state index in [1.54, 1.807) is 11.3 Å². The van der Waals surface area contributed by atoms with Crippen molar-refractivity contribution in [1.29, 1.82) is 0 Å². The van der Waals surface area contributed by atoms with Gasteiger partial charge in [-0.05, 0) is 38.5 Å². The van der Waals surface area contributed by atoms with E-state index in [0.717, 1.165) is 17.8 Å². The summed E-state index contributed by atoms with van der Waals surface area (Å²) in [4.78, 5) is 18.6. The Bertz CT molecular complexity index is 486. The molecule has 3 N–H and O–H groups in total. The summed E-state index contributed by atoms with van der Waals surface area (Å²) in [6.45, 7) is 2.15. The Morgan fingerprint density at radius 3 is 2.81 bits per heavy atom. The third-order valence-electron chi connectivity index (χ3n) is 4.61. The van der Waals surface area contributed by atoms with Crippen molar-refractivity contribution in [3.05, 3.63) is 15.6 Å². The molecule has 1 aromatic heterocycles. The van der Waals surface area contributed by atoms with E-state index in [2.05, 4.69) is 10.3 Å². The zero-order valence-corrected chi connectivity index (χ0v) is 13.1. The molecule has 0 saturated carbocycles. The van der Waals surface area contributed by atoms with Gasteiger partial charge < -0.3 is 15.8 Å². The minimum Gasteiger partial charge on any atom is -0.381 e. The number of nitrogens with two attached hydrogens (primary N) is 1. The molecule has 116 valence electrons. The van der Waals surface area contributed by atoms with Gasteiger partial charge in [0.1, 0.15) is 5.01 Å². The first kappa shape index (κ1) is 14.9. The van der Waals surface area contributed by atoms with Crippen molar-refractivity contribution in [3.8, 4) is 0 Å². The normalized spacial score (nSPS) is 20.8. The molecule has 0 radical (unpaired) electrons. The standard InChI is InChI=1S/C15H23N3O2S/c16-10-15(5-7-20-8-6-15)14(19)17-9-13-18-11-3-1-2-4-12(11)21-13/h1-10,16H2,(H,17,19). The summed E-state index contributed by atoms with van der Waals surface area (Å²) in [6.07, 6.45) is 6.15. The van der Waals surface area contributed by atoms with Crippen LogP contribution >= 0.6 is 11.3 Å². The second-order valence-electron chi connectivity index (χ2n) is 5.96. The van der Waals surface area contributed by atoms with Crippen LogP contribution < -0.4 is 11.1 Å². The third kappa shape index (κ3) is 3.12. The minimum absolute atomic E-state index is 0.0569. The largest absolute Gasteiger partial charge is 0.381 e. The van der Waals surface area contributed by atoms with Crippen LogP contribution in [0.3, 0.4) is 0 Å². The molecule has 1 aromatic rings. The number of hydrogen-bond donors (Lipinski definition) is 2. The zero-order chi connectivity index (χ0) is 14.7. The summed E-state index contributed by atoms with van der Waals surface area (Å²) in [5.41, 5.74) is 6.65. The number of ether oxygens (including phenoxy) is 1. The van der Waals surface area contributed by atoms with Gasteiger partial charge in [-0.1, -0.05) is 0 Å². The van der Waals surface area contributed by atoms with Gasteiger partial charge in [0.15, 0.2) is 0 Å². The predicted molar refractivity (Wildman–Crippen MR) is 82.1 cm³/mol. The van der Waals surface area contributed by atoms with E-state index in [1.807, 2.05) is 0 Å². The van der Waals surface area contributed by atoms with E-state index < -0.39 is 5.41 Å². The maximum absolute atomic E-state index is 12.5. The first-order valence-corrected chi connectivity index (χ1v) is 8.59. The van der Waals surface area contributed by atoms with Crippen molar-refractivity contribution in [2.75, 3.05) is 19.8 Å². The van der Waals surface area contributed by atoms with Crippen molar-refractivity contribution in [1.82, 2.24) is 10.3 Å². The first-order valence-electron chi connectivity index (χ1n) is 7.77. The molecule has 1 amide bonds. The van der Waals surface area contributed by atoms with Gasteiger partial charge in [-0.25, -0.2) is 4.98 Å². The highest BCUT2D eigenvalue weighted by Gasteiger charge is 2.38. The van der Waals surface area contributed by atoms with Crippen LogP contribution in [0.2, 0.25) is 0 Å². The number of nitrogens with one attached hydrogen (secondary N) is 1. The molecule has 1 aliphatic carbocycles. The summed E-state index contributed by atoms with van der Waals surface area (Å²) in [5, 5.41) is 4.07. The lowest BCUT2D eigenvalue weighted by molar-refractivity contribution is -0.136. The zero-order valence-electron chi connectivity index (χ0n) is 12.3. The molecule has 2 aliphatic rings. The molecule has 1 saturated heterocycles. The topological polar surface area (TPSA) is 77.2 Å². The number of hydrogen-bond acceptors (Lipinski definition) is 5. The van der Waals surface area contributed by atoms with Gasteiger partial charge in [-0.15, -0.1) is 11.3 Å². The van der Waals surface area contributed by atoms with Gasteiger partial charge in [-0.2, -0.15) is 0 Å². The summed E-state index contributed by atoms with van der Waals surface area (Å²) in [7, 11) is 0. The van der Waals surface area contributed by atoms with Gasteiger partial charge in [0.25, 0.3) is 0 Å². The quantitative estimate of drug-likeness (QED) is 0.881. The molecule has 21 heavy (non-hydrogen) atoms. The number of carbonyl (C=O) groups excluding carboxylic acids is 1. The monoisotopic (exact) mass is 309 g/mol. The van der Waals surface area contributed by atoms with Crippen molar-refractivity contribution in [2.45, 2.75) is 45.1 Å². The summed E-state index contributed by atoms with van der Waals surface area (Å²) < 4.78 is 5.35. The molecule has 5 nitrogen and oxygen atoms in total. The smallest absolute Gasteiger partial charge is 0.228 e. The average molecular weight is 309 g/mol. The maximum Gasteiger partial charge on any atom is 0.228 e. The van der Waals surface area contributed by atoms with Crippen molar-refractivity contribution in [3.63, 3.8) is 0 Å². The lowest BCUT2D eigenvalue weighted by atomic mass is 9.79. The highest BCUT2D eigenvalue weighted by molar-refractivity contribution is 7.11. The number of aromatic nitrogens is 1. The fourth-order valence-corrected chi connectivity index (χ4v) is 4.21. The molecule has 0 spiro atoms. The second kappa shape index (κ2) is 6.42. The number of aryl methyl sites for hydroxylation is 2. The molecular weight excluding hydrogens is 286 g/mol. The Balaban J connectivity index is 1.61. The molecule has 2 heterocycles. The van der Waals surface area contributed by atoms with Crippen molar-refractivity contribution in [2.24, 2.45) is 11.1 Å². The molecule has 0 aromatic carbocycles. The van der Waals surface area contributed by atoms with E-state index in [0.29, 0.717) is 39.1 Å². The van der Waals surface area contributed by atoms with Crippen LogP contribution in [-0.4, -0.2) is 30.6 Å². The molecular formula is C15H23N3O2S. The van der Waals surface area contributed by atoms with Crippen molar-refractivity contribution < 1.29 is 9.53 Å². The fraction of sp³-hybridized carbons (Fsp3) is 0.733. The second-order valence-corrected chi connectivity index (χ2v) is 7.13. The molecule has 6 heteroatoms. The number of rotatable bonds is 4. The molecule has 0 atom stereocenters. The Morgan fingerprint density at radius 2 is 2.10 bits per heavy atom. The van der Waals surface area contributed by atoms with Crippen LogP contribution in [0.25, 0.3) is 0 Å². The lowest BCUT2D eigenvalue weighted by Gasteiger charge is -2.34. The molecule has 0 bridgehead atoms. The van der Waals surface area contributed by atoms with E-state index in [9.17, 15) is 4.79 Å².